The van der Waals surface area contributed by atoms with E-state index in [1.807, 2.05) is 6.08 Å². The van der Waals surface area contributed by atoms with E-state index < -0.39 is 70.5 Å². The van der Waals surface area contributed by atoms with Crippen molar-refractivity contribution in [2.75, 3.05) is 19.1 Å². The van der Waals surface area contributed by atoms with Crippen LogP contribution in [0.2, 0.25) is 5.02 Å². The Hall–Kier alpha value is -4.51. The number of hydrogen-bond donors (Lipinski definition) is 1. The first-order valence-corrected chi connectivity index (χ1v) is 14.4. The summed E-state index contributed by atoms with van der Waals surface area (Å²) >= 11 is 6.01. The van der Waals surface area contributed by atoms with E-state index in [-0.39, 0.29) is 35.1 Å². The van der Waals surface area contributed by atoms with Crippen LogP contribution in [0.4, 0.5) is 14.9 Å². The average Bonchev–Trinajstić information content (AvgIpc) is 3.38. The van der Waals surface area contributed by atoms with Crippen LogP contribution in [-0.2, 0) is 23.9 Å². The smallest absolute Gasteiger partial charge is 0.423 e. The zero-order valence-electron chi connectivity index (χ0n) is 24.0. The predicted octanol–water partition coefficient (Wildman–Crippen LogP) is 4.74. The molecular weight excluding hydrogens is 595 g/mol. The van der Waals surface area contributed by atoms with Crippen molar-refractivity contribution in [2.24, 2.45) is 35.0 Å². The molecule has 1 N–H and O–H groups in total. The maximum Gasteiger partial charge on any atom is 0.423 e. The zero-order valence-corrected chi connectivity index (χ0v) is 24.7. The van der Waals surface area contributed by atoms with Crippen LogP contribution in [0.1, 0.15) is 25.3 Å². The van der Waals surface area contributed by atoms with Crippen molar-refractivity contribution in [2.45, 2.75) is 19.8 Å². The Labute approximate surface area is 256 Å². The van der Waals surface area contributed by atoms with Gasteiger partial charge in [-0.3, -0.25) is 19.2 Å². The van der Waals surface area contributed by atoms with Gasteiger partial charge in [0.15, 0.2) is 11.5 Å². The number of methoxy groups -OCH3 is 2. The number of anilines is 1. The predicted molar refractivity (Wildman–Crippen MR) is 155 cm³/mol. The van der Waals surface area contributed by atoms with Gasteiger partial charge in [-0.2, -0.15) is 4.90 Å². The lowest BCUT2D eigenvalue weighted by Crippen LogP contribution is -2.49. The molecule has 1 saturated carbocycles. The molecule has 10 nitrogen and oxygen atoms in total. The van der Waals surface area contributed by atoms with Crippen LogP contribution < -0.4 is 9.64 Å². The van der Waals surface area contributed by atoms with Crippen molar-refractivity contribution < 1.29 is 42.9 Å². The number of benzene rings is 2. The molecule has 5 amide bonds. The average molecular weight is 623 g/mol. The van der Waals surface area contributed by atoms with Crippen molar-refractivity contribution >= 4 is 53.1 Å². The van der Waals surface area contributed by atoms with Gasteiger partial charge in [0.2, 0.25) is 23.6 Å². The molecule has 2 heterocycles. The van der Waals surface area contributed by atoms with E-state index in [2.05, 4.69) is 0 Å². The Morgan fingerprint density at radius 3 is 2.50 bits per heavy atom. The number of nitrogens with zero attached hydrogens (tertiary/aromatic N) is 2. The second-order valence-electron chi connectivity index (χ2n) is 11.6. The second kappa shape index (κ2) is 10.6. The molecule has 6 atom stereocenters. The molecule has 0 spiro atoms. The van der Waals surface area contributed by atoms with Crippen molar-refractivity contribution in [3.8, 4) is 11.5 Å². The van der Waals surface area contributed by atoms with E-state index in [9.17, 15) is 33.5 Å². The SMILES string of the molecule is COC(=O)N1C(=O)[C@H]2[C@H](CC=C3[C@H]2C[C@H]2C(=O)N(c4ccc(F)c(Cl)c4)C(=O)[C@@]2(C)[C@H]3C=Cc2ccc(O)c(OC)c2)C1=O. The number of fused-ring (bicyclic) bond motifs is 4. The van der Waals surface area contributed by atoms with E-state index in [1.54, 1.807) is 31.2 Å². The van der Waals surface area contributed by atoms with Crippen LogP contribution in [0.5, 0.6) is 11.5 Å². The van der Waals surface area contributed by atoms with Crippen LogP contribution in [-0.4, -0.2) is 53.9 Å². The molecule has 12 heteroatoms. The summed E-state index contributed by atoms with van der Waals surface area (Å²) in [6.45, 7) is 1.70. The fourth-order valence-electron chi connectivity index (χ4n) is 7.37. The van der Waals surface area contributed by atoms with Crippen LogP contribution >= 0.6 is 11.6 Å². The molecule has 4 aliphatic rings. The largest absolute Gasteiger partial charge is 0.504 e. The number of imide groups is 4. The van der Waals surface area contributed by atoms with E-state index >= 15 is 0 Å². The first kappa shape index (κ1) is 29.6. The molecule has 6 rings (SSSR count). The minimum atomic E-state index is -1.32. The molecule has 0 radical (unpaired) electrons. The molecular formula is C32H28ClFN2O8. The molecule has 2 saturated heterocycles. The highest BCUT2D eigenvalue weighted by molar-refractivity contribution is 6.31. The number of amides is 5. The number of carbonyl (C=O) groups is 5. The number of aromatic hydroxyl groups is 1. The first-order chi connectivity index (χ1) is 20.9. The standard InChI is InChI=1S/C32H28ClFN2O8/c1-32-20(9-4-15-5-11-24(37)25(12-15)43-2)17-7-8-18-26(29(40)36(27(18)38)31(42)44-3)19(17)14-21(32)28(39)35(30(32)41)16-6-10-23(34)22(33)13-16/h4-7,9-13,18-21,26,37H,8,14H2,1-3H3/t18-,19+,20-,21-,26-,32-/m0/s1. The van der Waals surface area contributed by atoms with Gasteiger partial charge in [0, 0.05) is 5.92 Å². The Bertz CT molecular complexity index is 1700. The lowest BCUT2D eigenvalue weighted by molar-refractivity contribution is -0.138. The number of phenols is 1. The summed E-state index contributed by atoms with van der Waals surface area (Å²) in [7, 11) is 2.50. The molecule has 2 aliphatic heterocycles. The van der Waals surface area contributed by atoms with Gasteiger partial charge in [-0.05, 0) is 61.6 Å². The summed E-state index contributed by atoms with van der Waals surface area (Å²) in [5, 5.41) is 9.79. The topological polar surface area (TPSA) is 131 Å². The zero-order chi connectivity index (χ0) is 31.7. The van der Waals surface area contributed by atoms with E-state index in [4.69, 9.17) is 21.1 Å². The van der Waals surface area contributed by atoms with Crippen LogP contribution in [0, 0.1) is 40.8 Å². The van der Waals surface area contributed by atoms with Gasteiger partial charge in [0.05, 0.1) is 48.1 Å². The van der Waals surface area contributed by atoms with Crippen LogP contribution in [0.25, 0.3) is 6.08 Å². The summed E-state index contributed by atoms with van der Waals surface area (Å²) < 4.78 is 23.9. The summed E-state index contributed by atoms with van der Waals surface area (Å²) in [5.74, 6) is -6.92. The number of hydrogen-bond acceptors (Lipinski definition) is 8. The summed E-state index contributed by atoms with van der Waals surface area (Å²) in [6.07, 6.45) is 4.52. The fourth-order valence-corrected chi connectivity index (χ4v) is 7.54. The third kappa shape index (κ3) is 4.16. The maximum atomic E-state index is 14.3. The van der Waals surface area contributed by atoms with Gasteiger partial charge in [0.25, 0.3) is 0 Å². The van der Waals surface area contributed by atoms with Crippen molar-refractivity contribution in [3.63, 3.8) is 0 Å². The lowest BCUT2D eigenvalue weighted by atomic mass is 9.52. The van der Waals surface area contributed by atoms with Gasteiger partial charge < -0.3 is 14.6 Å². The highest BCUT2D eigenvalue weighted by atomic mass is 35.5. The van der Waals surface area contributed by atoms with Crippen LogP contribution in [0.15, 0.2) is 54.1 Å². The van der Waals surface area contributed by atoms with Gasteiger partial charge >= 0.3 is 6.09 Å². The van der Waals surface area contributed by atoms with E-state index in [0.717, 1.165) is 18.1 Å². The Kier molecular flexibility index (Phi) is 7.11. The van der Waals surface area contributed by atoms with E-state index in [0.29, 0.717) is 16.0 Å². The lowest BCUT2D eigenvalue weighted by Gasteiger charge is -2.47. The minimum Gasteiger partial charge on any atom is -0.504 e. The molecule has 0 aromatic heterocycles. The van der Waals surface area contributed by atoms with Gasteiger partial charge in [-0.15, -0.1) is 0 Å². The van der Waals surface area contributed by atoms with Crippen molar-refractivity contribution in [3.05, 3.63) is 70.5 Å². The molecule has 44 heavy (non-hydrogen) atoms. The number of carbonyl (C=O) groups excluding carboxylic acids is 5. The normalized spacial score (nSPS) is 29.5. The van der Waals surface area contributed by atoms with Crippen LogP contribution in [0.3, 0.4) is 0 Å². The highest BCUT2D eigenvalue weighted by Gasteiger charge is 2.67. The molecule has 228 valence electrons. The summed E-state index contributed by atoms with van der Waals surface area (Å²) in [5.41, 5.74) is 0.143. The molecule has 2 aromatic rings. The van der Waals surface area contributed by atoms with Gasteiger partial charge in [-0.1, -0.05) is 41.5 Å². The van der Waals surface area contributed by atoms with Crippen molar-refractivity contribution in [1.29, 1.82) is 0 Å². The fraction of sp³-hybridized carbons (Fsp3) is 0.344. The Morgan fingerprint density at radius 2 is 1.82 bits per heavy atom. The number of rotatable bonds is 4. The monoisotopic (exact) mass is 622 g/mol. The number of phenolic OH excluding ortho intramolecular Hbond substituents is 1. The molecule has 3 fully saturated rings. The Balaban J connectivity index is 1.47. The minimum absolute atomic E-state index is 0.0554. The van der Waals surface area contributed by atoms with Crippen molar-refractivity contribution in [1.82, 2.24) is 4.90 Å². The Morgan fingerprint density at radius 1 is 1.07 bits per heavy atom. The molecule has 0 bridgehead atoms. The van der Waals surface area contributed by atoms with Gasteiger partial charge in [0.1, 0.15) is 5.82 Å². The number of halogens is 2. The van der Waals surface area contributed by atoms with E-state index in [1.165, 1.54) is 25.3 Å². The first-order valence-electron chi connectivity index (χ1n) is 14.0. The summed E-state index contributed by atoms with van der Waals surface area (Å²) in [4.78, 5) is 69.0. The van der Waals surface area contributed by atoms with Gasteiger partial charge in [-0.25, -0.2) is 14.1 Å². The third-order valence-electron chi connectivity index (χ3n) is 9.55. The maximum absolute atomic E-state index is 14.3. The molecule has 2 aromatic carbocycles. The quantitative estimate of drug-likeness (QED) is 0.382. The number of allylic oxidation sites excluding steroid dienone is 3. The summed E-state index contributed by atoms with van der Waals surface area (Å²) in [6, 6.07) is 8.33. The number of likely N-dealkylation sites (tertiary alicyclic amines) is 1. The second-order valence-corrected chi connectivity index (χ2v) is 12.0. The molecule has 0 unspecified atom stereocenters. The number of ether oxygens (including phenoxy) is 2. The third-order valence-corrected chi connectivity index (χ3v) is 9.84. The highest BCUT2D eigenvalue weighted by Crippen LogP contribution is 2.61. The molecule has 2 aliphatic carbocycles.